The standard InChI is InChI=1S/C16H13O5P/c1-21-16(17)15-12-7-3-2-5-10(12)9-11-6-4-8-13(14(11)15)22(18,19)20/h2-9H,1H3,(H2,18,19,20). The molecule has 0 atom stereocenters. The second kappa shape index (κ2) is 5.21. The van der Waals surface area contributed by atoms with Crippen LogP contribution in [0.3, 0.4) is 0 Å². The Morgan fingerprint density at radius 2 is 1.73 bits per heavy atom. The molecule has 0 unspecified atom stereocenters. The SMILES string of the molecule is COC(=O)c1c2ccccc2cc2cccc(P(=O)(O)O)c12. The van der Waals surface area contributed by atoms with Crippen LogP contribution in [0.5, 0.6) is 0 Å². The maximum atomic E-state index is 12.2. The van der Waals surface area contributed by atoms with Crippen molar-refractivity contribution in [1.29, 1.82) is 0 Å². The van der Waals surface area contributed by atoms with Gasteiger partial charge in [0.1, 0.15) is 0 Å². The molecule has 0 aliphatic heterocycles. The van der Waals surface area contributed by atoms with Crippen molar-refractivity contribution in [2.24, 2.45) is 0 Å². The van der Waals surface area contributed by atoms with Gasteiger partial charge in [-0.3, -0.25) is 4.57 Å². The van der Waals surface area contributed by atoms with Crippen LogP contribution in [0.25, 0.3) is 21.5 Å². The Bertz CT molecular complexity index is 942. The summed E-state index contributed by atoms with van der Waals surface area (Å²) in [6.07, 6.45) is 0. The zero-order chi connectivity index (χ0) is 15.9. The third kappa shape index (κ3) is 2.29. The van der Waals surface area contributed by atoms with Gasteiger partial charge in [0.05, 0.1) is 18.0 Å². The van der Waals surface area contributed by atoms with Crippen molar-refractivity contribution in [2.45, 2.75) is 0 Å². The van der Waals surface area contributed by atoms with Gasteiger partial charge in [0, 0.05) is 5.39 Å². The summed E-state index contributed by atoms with van der Waals surface area (Å²) < 4.78 is 16.6. The lowest BCUT2D eigenvalue weighted by molar-refractivity contribution is 0.0605. The number of benzene rings is 3. The first-order valence-electron chi connectivity index (χ1n) is 6.52. The van der Waals surface area contributed by atoms with E-state index < -0.39 is 13.6 Å². The average Bonchev–Trinajstić information content (AvgIpc) is 2.50. The van der Waals surface area contributed by atoms with Crippen molar-refractivity contribution < 1.29 is 23.9 Å². The Labute approximate surface area is 126 Å². The van der Waals surface area contributed by atoms with E-state index in [0.717, 1.165) is 5.39 Å². The minimum atomic E-state index is -4.53. The molecular weight excluding hydrogens is 303 g/mol. The van der Waals surface area contributed by atoms with Crippen molar-refractivity contribution in [3.05, 3.63) is 54.1 Å². The summed E-state index contributed by atoms with van der Waals surface area (Å²) in [5.41, 5.74) is 0.175. The minimum Gasteiger partial charge on any atom is -0.465 e. The topological polar surface area (TPSA) is 83.8 Å². The highest BCUT2D eigenvalue weighted by Crippen LogP contribution is 2.39. The van der Waals surface area contributed by atoms with Gasteiger partial charge < -0.3 is 14.5 Å². The number of hydrogen-bond donors (Lipinski definition) is 2. The summed E-state index contributed by atoms with van der Waals surface area (Å²) in [4.78, 5) is 31.4. The molecule has 0 amide bonds. The lowest BCUT2D eigenvalue weighted by Gasteiger charge is -2.14. The van der Waals surface area contributed by atoms with E-state index in [0.29, 0.717) is 10.8 Å². The highest BCUT2D eigenvalue weighted by atomic mass is 31.2. The highest BCUT2D eigenvalue weighted by molar-refractivity contribution is 7.60. The molecule has 3 aromatic carbocycles. The fourth-order valence-electron chi connectivity index (χ4n) is 2.66. The summed E-state index contributed by atoms with van der Waals surface area (Å²) in [6.45, 7) is 0. The number of fused-ring (bicyclic) bond motifs is 2. The van der Waals surface area contributed by atoms with Gasteiger partial charge >= 0.3 is 13.6 Å². The first kappa shape index (κ1) is 14.7. The summed E-state index contributed by atoms with van der Waals surface area (Å²) in [6, 6.07) is 13.6. The molecule has 5 nitrogen and oxygen atoms in total. The monoisotopic (exact) mass is 316 g/mol. The van der Waals surface area contributed by atoms with E-state index in [9.17, 15) is 19.1 Å². The van der Waals surface area contributed by atoms with Gasteiger partial charge in [-0.15, -0.1) is 0 Å². The number of hydrogen-bond acceptors (Lipinski definition) is 3. The first-order valence-corrected chi connectivity index (χ1v) is 8.13. The summed E-state index contributed by atoms with van der Waals surface area (Å²) in [5, 5.41) is 2.05. The Kier molecular flexibility index (Phi) is 3.49. The van der Waals surface area contributed by atoms with Gasteiger partial charge in [-0.25, -0.2) is 4.79 Å². The number of carbonyl (C=O) groups excluding carboxylic acids is 1. The molecule has 0 bridgehead atoms. The van der Waals surface area contributed by atoms with Crippen LogP contribution in [0.4, 0.5) is 0 Å². The van der Waals surface area contributed by atoms with Gasteiger partial charge in [-0.2, -0.15) is 0 Å². The van der Waals surface area contributed by atoms with Crippen molar-refractivity contribution in [3.8, 4) is 0 Å². The Balaban J connectivity index is 2.60. The Morgan fingerprint density at radius 1 is 1.05 bits per heavy atom. The summed E-state index contributed by atoms with van der Waals surface area (Å²) in [5.74, 6) is -0.622. The molecule has 0 fully saturated rings. The molecule has 0 saturated carbocycles. The molecule has 3 rings (SSSR count). The third-order valence-electron chi connectivity index (χ3n) is 3.57. The lowest BCUT2D eigenvalue weighted by atomic mass is 9.97. The highest BCUT2D eigenvalue weighted by Gasteiger charge is 2.25. The van der Waals surface area contributed by atoms with Gasteiger partial charge in [-0.05, 0) is 28.3 Å². The molecule has 0 aromatic heterocycles. The molecule has 0 radical (unpaired) electrons. The molecule has 2 N–H and O–H groups in total. The fraction of sp³-hybridized carbons (Fsp3) is 0.0625. The summed E-state index contributed by atoms with van der Waals surface area (Å²) >= 11 is 0. The maximum absolute atomic E-state index is 12.2. The van der Waals surface area contributed by atoms with E-state index in [1.807, 2.05) is 12.1 Å². The molecule has 0 saturated heterocycles. The summed E-state index contributed by atoms with van der Waals surface area (Å²) in [7, 11) is -3.28. The van der Waals surface area contributed by atoms with Crippen LogP contribution >= 0.6 is 7.60 Å². The van der Waals surface area contributed by atoms with Crippen LogP contribution in [0.2, 0.25) is 0 Å². The van der Waals surface area contributed by atoms with E-state index in [-0.39, 0.29) is 16.3 Å². The molecule has 0 spiro atoms. The van der Waals surface area contributed by atoms with Gasteiger partial charge in [0.15, 0.2) is 0 Å². The molecule has 6 heteroatoms. The molecule has 112 valence electrons. The Hall–Kier alpha value is -2.20. The van der Waals surface area contributed by atoms with Crippen molar-refractivity contribution >= 4 is 40.4 Å². The van der Waals surface area contributed by atoms with Crippen LogP contribution in [0.1, 0.15) is 10.4 Å². The fourth-order valence-corrected chi connectivity index (χ4v) is 3.47. The van der Waals surface area contributed by atoms with Gasteiger partial charge in [0.25, 0.3) is 0 Å². The quantitative estimate of drug-likeness (QED) is 0.431. The first-order chi connectivity index (χ1) is 10.4. The minimum absolute atomic E-state index is 0.170. The smallest absolute Gasteiger partial charge is 0.356 e. The van der Waals surface area contributed by atoms with Crippen LogP contribution in [0, 0.1) is 0 Å². The maximum Gasteiger partial charge on any atom is 0.356 e. The number of carbonyl (C=O) groups is 1. The Morgan fingerprint density at radius 3 is 2.41 bits per heavy atom. The second-order valence-corrected chi connectivity index (χ2v) is 6.45. The van der Waals surface area contributed by atoms with Crippen LogP contribution in [-0.2, 0) is 9.30 Å². The average molecular weight is 316 g/mol. The lowest BCUT2D eigenvalue weighted by Crippen LogP contribution is -2.12. The van der Waals surface area contributed by atoms with Gasteiger partial charge in [-0.1, -0.05) is 36.4 Å². The van der Waals surface area contributed by atoms with E-state index in [1.54, 1.807) is 30.3 Å². The van der Waals surface area contributed by atoms with Gasteiger partial charge in [0.2, 0.25) is 0 Å². The third-order valence-corrected chi connectivity index (χ3v) is 4.57. The van der Waals surface area contributed by atoms with Crippen molar-refractivity contribution in [1.82, 2.24) is 0 Å². The van der Waals surface area contributed by atoms with E-state index in [2.05, 4.69) is 0 Å². The van der Waals surface area contributed by atoms with Crippen LogP contribution < -0.4 is 5.30 Å². The number of rotatable bonds is 2. The normalized spacial score (nSPS) is 11.8. The predicted octanol–water partition coefficient (Wildman–Crippen LogP) is 2.58. The van der Waals surface area contributed by atoms with Crippen molar-refractivity contribution in [2.75, 3.05) is 7.11 Å². The van der Waals surface area contributed by atoms with E-state index in [4.69, 9.17) is 4.74 Å². The molecule has 0 aliphatic carbocycles. The molecule has 22 heavy (non-hydrogen) atoms. The van der Waals surface area contributed by atoms with Crippen LogP contribution in [-0.4, -0.2) is 22.9 Å². The largest absolute Gasteiger partial charge is 0.465 e. The van der Waals surface area contributed by atoms with Crippen LogP contribution in [0.15, 0.2) is 48.5 Å². The number of ether oxygens (including phenoxy) is 1. The predicted molar refractivity (Wildman–Crippen MR) is 84.5 cm³/mol. The molecule has 0 heterocycles. The molecule has 3 aromatic rings. The molecular formula is C16H13O5P. The number of methoxy groups -OCH3 is 1. The van der Waals surface area contributed by atoms with Crippen molar-refractivity contribution in [3.63, 3.8) is 0 Å². The zero-order valence-electron chi connectivity index (χ0n) is 11.7. The van der Waals surface area contributed by atoms with E-state index >= 15 is 0 Å². The number of esters is 1. The second-order valence-electron chi connectivity index (χ2n) is 4.88. The van der Waals surface area contributed by atoms with E-state index in [1.165, 1.54) is 13.2 Å². The zero-order valence-corrected chi connectivity index (χ0v) is 12.6. The molecule has 0 aliphatic rings.